The first-order chi connectivity index (χ1) is 6.27. The molecule has 1 aromatic rings. The maximum atomic E-state index is 6.00. The van der Waals surface area contributed by atoms with E-state index in [-0.39, 0.29) is 0 Å². The first kappa shape index (κ1) is 13.3. The van der Waals surface area contributed by atoms with Crippen LogP contribution in [0, 0.1) is 0 Å². The molecule has 0 aromatic heterocycles. The molecule has 0 nitrogen and oxygen atoms in total. The molecule has 0 heterocycles. The van der Waals surface area contributed by atoms with Gasteiger partial charge in [-0.05, 0) is 5.56 Å². The molecular weight excluding hydrogens is 300 g/mol. The van der Waals surface area contributed by atoms with Gasteiger partial charge >= 0.3 is 0 Å². The Morgan fingerprint density at radius 3 is 1.86 bits per heavy atom. The molecule has 2 radical (unpaired) electrons. The van der Waals surface area contributed by atoms with Gasteiger partial charge < -0.3 is 0 Å². The van der Waals surface area contributed by atoms with Gasteiger partial charge in [0.05, 0.1) is 0 Å². The van der Waals surface area contributed by atoms with Crippen molar-refractivity contribution in [2.24, 2.45) is 0 Å². The predicted molar refractivity (Wildman–Crippen MR) is 65.5 cm³/mol. The third-order valence-electron chi connectivity index (χ3n) is 1.66. The molecule has 0 saturated heterocycles. The van der Waals surface area contributed by atoms with Gasteiger partial charge in [0.2, 0.25) is 3.79 Å². The van der Waals surface area contributed by atoms with Gasteiger partial charge in [-0.3, -0.25) is 0 Å². The van der Waals surface area contributed by atoms with Crippen LogP contribution in [0.15, 0.2) is 24.3 Å². The molecule has 0 N–H and O–H groups in total. The van der Waals surface area contributed by atoms with Crippen LogP contribution >= 0.6 is 58.0 Å². The van der Waals surface area contributed by atoms with Crippen LogP contribution in [0.2, 0.25) is 0 Å². The molecule has 0 aliphatic carbocycles. The quantitative estimate of drug-likeness (QED) is 0.550. The maximum Gasteiger partial charge on any atom is 0.227 e. The van der Waals surface area contributed by atoms with Gasteiger partial charge in [0.15, 0.2) is 20.6 Å². The number of rotatable bonds is 1. The first-order valence-corrected chi connectivity index (χ1v) is 6.03. The second kappa shape index (κ2) is 4.60. The van der Waals surface area contributed by atoms with Gasteiger partial charge in [-0.15, -0.1) is 4.43 Å². The number of alkyl halides is 5. The van der Waals surface area contributed by atoms with E-state index in [0.717, 1.165) is 4.43 Å². The van der Waals surface area contributed by atoms with Crippen molar-refractivity contribution in [3.8, 4) is 0 Å². The lowest BCUT2D eigenvalue weighted by Gasteiger charge is -2.29. The van der Waals surface area contributed by atoms with E-state index in [4.69, 9.17) is 58.0 Å². The van der Waals surface area contributed by atoms with Crippen molar-refractivity contribution in [3.05, 3.63) is 29.8 Å². The molecule has 0 unspecified atom stereocenters. The number of hydrogen-bond acceptors (Lipinski definition) is 0. The number of halogens is 5. The van der Waals surface area contributed by atoms with Crippen molar-refractivity contribution in [2.75, 3.05) is 0 Å². The highest BCUT2D eigenvalue weighted by Gasteiger charge is 2.47. The van der Waals surface area contributed by atoms with Crippen molar-refractivity contribution in [2.45, 2.75) is 8.13 Å². The Labute approximate surface area is 116 Å². The molecule has 6 heteroatoms. The highest BCUT2D eigenvalue weighted by Crippen LogP contribution is 2.52. The van der Waals surface area contributed by atoms with Crippen molar-refractivity contribution < 1.29 is 0 Å². The Morgan fingerprint density at radius 1 is 0.929 bits per heavy atom. The Balaban J connectivity index is 3.23. The summed E-state index contributed by atoms with van der Waals surface area (Å²) in [6.45, 7) is 0. The zero-order valence-electron chi connectivity index (χ0n) is 6.78. The van der Waals surface area contributed by atoms with Crippen LogP contribution in [-0.4, -0.2) is 20.1 Å². The minimum absolute atomic E-state index is 0.563. The summed E-state index contributed by atoms with van der Waals surface area (Å²) in [5.74, 6) is 0. The molecular formula is C8H4AlCl5. The standard InChI is InChI=1S/C8H4Cl5.Al/c9-7(10,8(11,12)13)6-4-2-1-3-5-6;/h1-4H;. The maximum absolute atomic E-state index is 6.00. The lowest BCUT2D eigenvalue weighted by molar-refractivity contribution is 0.884. The van der Waals surface area contributed by atoms with Crippen molar-refractivity contribution in [3.63, 3.8) is 0 Å². The summed E-state index contributed by atoms with van der Waals surface area (Å²) in [7, 11) is 0. The van der Waals surface area contributed by atoms with Gasteiger partial charge in [0.25, 0.3) is 0 Å². The fraction of sp³-hybridized carbons (Fsp3) is 0.250. The SMILES string of the molecule is [Al][c]1ccccc1C(Cl)(Cl)C(Cl)(Cl)Cl. The van der Waals surface area contributed by atoms with Gasteiger partial charge in [-0.2, -0.15) is 0 Å². The normalized spacial score (nSPS) is 12.9. The summed E-state index contributed by atoms with van der Waals surface area (Å²) >= 11 is 31.6. The Morgan fingerprint density at radius 2 is 1.43 bits per heavy atom. The van der Waals surface area contributed by atoms with Crippen LogP contribution in [0.1, 0.15) is 5.56 Å². The lowest BCUT2D eigenvalue weighted by atomic mass is 10.1. The number of benzene rings is 1. The zero-order valence-corrected chi connectivity index (χ0v) is 11.7. The molecule has 14 heavy (non-hydrogen) atoms. The molecule has 0 aliphatic heterocycles. The van der Waals surface area contributed by atoms with Crippen LogP contribution in [-0.2, 0) is 4.33 Å². The predicted octanol–water partition coefficient (Wildman–Crippen LogP) is 3.48. The van der Waals surface area contributed by atoms with Crippen LogP contribution in [0.3, 0.4) is 0 Å². The molecule has 0 spiro atoms. The van der Waals surface area contributed by atoms with Crippen molar-refractivity contribution in [1.82, 2.24) is 0 Å². The monoisotopic (exact) mass is 302 g/mol. The molecule has 0 fully saturated rings. The van der Waals surface area contributed by atoms with E-state index in [1.165, 1.54) is 0 Å². The second-order valence-corrected chi connectivity index (χ2v) is 6.89. The van der Waals surface area contributed by atoms with E-state index >= 15 is 0 Å². The summed E-state index contributed by atoms with van der Waals surface area (Å²) in [5.41, 5.74) is 0.563. The van der Waals surface area contributed by atoms with Gasteiger partial charge in [-0.1, -0.05) is 82.3 Å². The summed E-state index contributed by atoms with van der Waals surface area (Å²) in [4.78, 5) is 0. The third kappa shape index (κ3) is 2.66. The minimum atomic E-state index is -1.78. The highest BCUT2D eigenvalue weighted by atomic mass is 35.6. The fourth-order valence-corrected chi connectivity index (χ4v) is 2.19. The molecule has 1 rings (SSSR count). The van der Waals surface area contributed by atoms with Crippen LogP contribution in [0.5, 0.6) is 0 Å². The summed E-state index contributed by atoms with van der Waals surface area (Å²) in [6, 6.07) is 7.15. The van der Waals surface area contributed by atoms with Gasteiger partial charge in [0, 0.05) is 0 Å². The lowest BCUT2D eigenvalue weighted by Crippen LogP contribution is -2.33. The van der Waals surface area contributed by atoms with E-state index in [9.17, 15) is 0 Å². The van der Waals surface area contributed by atoms with Gasteiger partial charge in [-0.25, -0.2) is 0 Å². The van der Waals surface area contributed by atoms with Crippen LogP contribution in [0.4, 0.5) is 0 Å². The Bertz CT molecular complexity index is 331. The van der Waals surface area contributed by atoms with Gasteiger partial charge in [0.1, 0.15) is 0 Å². The molecule has 0 saturated carbocycles. The second-order valence-electron chi connectivity index (χ2n) is 2.66. The smallest absolute Gasteiger partial charge is 0.133 e. The largest absolute Gasteiger partial charge is 0.227 e. The minimum Gasteiger partial charge on any atom is -0.133 e. The van der Waals surface area contributed by atoms with E-state index in [2.05, 4.69) is 16.3 Å². The number of hydrogen-bond donors (Lipinski definition) is 0. The summed E-state index contributed by atoms with van der Waals surface area (Å²) in [6.07, 6.45) is 0. The summed E-state index contributed by atoms with van der Waals surface area (Å²) in [5, 5.41) is 0. The molecule has 74 valence electrons. The Hall–Kier alpha value is 1.20. The van der Waals surface area contributed by atoms with E-state index in [0.29, 0.717) is 5.56 Å². The molecule has 0 bridgehead atoms. The first-order valence-electron chi connectivity index (χ1n) is 3.56. The molecule has 0 aliphatic rings. The fourth-order valence-electron chi connectivity index (χ4n) is 0.936. The van der Waals surface area contributed by atoms with Crippen molar-refractivity contribution >= 4 is 78.7 Å². The van der Waals surface area contributed by atoms with Crippen LogP contribution in [0.25, 0.3) is 0 Å². The molecule has 1 aromatic carbocycles. The topological polar surface area (TPSA) is 0 Å². The zero-order chi connectivity index (χ0) is 11.0. The molecule has 0 amide bonds. The third-order valence-corrected chi connectivity index (χ3v) is 4.56. The molecule has 0 atom stereocenters. The average Bonchev–Trinajstić information content (AvgIpc) is 2.02. The summed E-state index contributed by atoms with van der Waals surface area (Å²) < 4.78 is -2.54. The van der Waals surface area contributed by atoms with E-state index in [1.807, 2.05) is 12.1 Å². The highest BCUT2D eigenvalue weighted by molar-refractivity contribution is 6.75. The average molecular weight is 304 g/mol. The van der Waals surface area contributed by atoms with Crippen molar-refractivity contribution in [1.29, 1.82) is 0 Å². The Kier molecular flexibility index (Phi) is 4.36. The van der Waals surface area contributed by atoms with E-state index in [1.54, 1.807) is 12.1 Å². The van der Waals surface area contributed by atoms with Crippen LogP contribution < -0.4 is 4.43 Å². The van der Waals surface area contributed by atoms with E-state index < -0.39 is 8.13 Å².